The fourth-order valence-electron chi connectivity index (χ4n) is 0.979. The minimum absolute atomic E-state index is 0.520. The first-order chi connectivity index (χ1) is 5.79. The molecule has 1 rings (SSSR count). The Morgan fingerprint density at radius 3 is 2.58 bits per heavy atom. The van der Waals surface area contributed by atoms with Crippen LogP contribution in [-0.4, -0.2) is 17.8 Å². The van der Waals surface area contributed by atoms with E-state index in [1.54, 1.807) is 0 Å². The van der Waals surface area contributed by atoms with E-state index in [9.17, 15) is 0 Å². The first-order valence-corrected chi connectivity index (χ1v) is 4.05. The molecule has 0 saturated carbocycles. The van der Waals surface area contributed by atoms with Gasteiger partial charge in [0.2, 0.25) is 0 Å². The second kappa shape index (κ2) is 4.91. The number of nitrogens with one attached hydrogen (secondary N) is 1. The minimum Gasteiger partial charge on any atom is -0.392 e. The van der Waals surface area contributed by atoms with Crippen LogP contribution in [0.2, 0.25) is 0 Å². The van der Waals surface area contributed by atoms with Gasteiger partial charge < -0.3 is 10.4 Å². The summed E-state index contributed by atoms with van der Waals surface area (Å²) in [7, 11) is 0. The molecule has 0 bridgehead atoms. The van der Waals surface area contributed by atoms with E-state index in [1.165, 1.54) is 5.56 Å². The third-order valence-corrected chi connectivity index (χ3v) is 1.55. The van der Waals surface area contributed by atoms with Crippen molar-refractivity contribution < 1.29 is 5.11 Å². The Morgan fingerprint density at radius 1 is 1.33 bits per heavy atom. The molecule has 0 amide bonds. The molecule has 0 spiro atoms. The number of aliphatic hydroxyl groups excluding tert-OH is 1. The summed E-state index contributed by atoms with van der Waals surface area (Å²) in [6, 6.07) is 10.1. The van der Waals surface area contributed by atoms with Crippen molar-refractivity contribution in [1.29, 1.82) is 0 Å². The van der Waals surface area contributed by atoms with Crippen LogP contribution in [0, 0.1) is 6.92 Å². The van der Waals surface area contributed by atoms with Crippen LogP contribution in [-0.2, 0) is 6.54 Å². The predicted octanol–water partition coefficient (Wildman–Crippen LogP) is 0.971. The lowest BCUT2D eigenvalue weighted by Crippen LogP contribution is -2.23. The molecule has 1 aromatic carbocycles. The maximum Gasteiger partial charge on any atom is 0.0665 e. The zero-order chi connectivity index (χ0) is 8.81. The molecule has 2 heteroatoms. The van der Waals surface area contributed by atoms with Gasteiger partial charge in [-0.3, -0.25) is 0 Å². The van der Waals surface area contributed by atoms with E-state index in [1.807, 2.05) is 30.3 Å². The molecule has 1 atom stereocenters. The van der Waals surface area contributed by atoms with E-state index in [-0.39, 0.29) is 0 Å². The molecule has 65 valence electrons. The molecule has 1 aromatic rings. The first-order valence-electron chi connectivity index (χ1n) is 4.05. The standard InChI is InChI=1S/C10H14NO/c1-9(12)7-11-8-10-5-3-2-4-6-10/h2-6,9,11-12H,1,7-8H2. The molecule has 2 N–H and O–H groups in total. The van der Waals surface area contributed by atoms with Crippen molar-refractivity contribution in [2.45, 2.75) is 12.6 Å². The fraction of sp³-hybridized carbons (Fsp3) is 0.300. The van der Waals surface area contributed by atoms with Gasteiger partial charge >= 0.3 is 0 Å². The number of hydrogen-bond acceptors (Lipinski definition) is 2. The summed E-state index contributed by atoms with van der Waals surface area (Å²) in [5.74, 6) is 0. The quantitative estimate of drug-likeness (QED) is 0.695. The Balaban J connectivity index is 2.25. The van der Waals surface area contributed by atoms with Gasteiger partial charge in [-0.2, -0.15) is 0 Å². The predicted molar refractivity (Wildman–Crippen MR) is 49.5 cm³/mol. The molecule has 1 unspecified atom stereocenters. The summed E-state index contributed by atoms with van der Waals surface area (Å²) in [6.45, 7) is 4.78. The molecule has 0 saturated heterocycles. The van der Waals surface area contributed by atoms with Crippen LogP contribution in [0.25, 0.3) is 0 Å². The molecule has 0 fully saturated rings. The van der Waals surface area contributed by atoms with Gasteiger partial charge in [-0.1, -0.05) is 30.3 Å². The highest BCUT2D eigenvalue weighted by atomic mass is 16.3. The van der Waals surface area contributed by atoms with E-state index in [2.05, 4.69) is 12.2 Å². The van der Waals surface area contributed by atoms with Crippen molar-refractivity contribution in [3.63, 3.8) is 0 Å². The summed E-state index contributed by atoms with van der Waals surface area (Å²) in [4.78, 5) is 0. The highest BCUT2D eigenvalue weighted by Gasteiger charge is 1.94. The smallest absolute Gasteiger partial charge is 0.0665 e. The van der Waals surface area contributed by atoms with Crippen LogP contribution in [0.4, 0.5) is 0 Å². The van der Waals surface area contributed by atoms with E-state index < -0.39 is 6.10 Å². The largest absolute Gasteiger partial charge is 0.392 e. The Hall–Kier alpha value is -0.860. The fourth-order valence-corrected chi connectivity index (χ4v) is 0.979. The van der Waals surface area contributed by atoms with E-state index in [0.717, 1.165) is 6.54 Å². The topological polar surface area (TPSA) is 32.3 Å². The third kappa shape index (κ3) is 3.51. The van der Waals surface area contributed by atoms with Crippen LogP contribution in [0.5, 0.6) is 0 Å². The Kier molecular flexibility index (Phi) is 3.77. The molecule has 0 aliphatic rings. The van der Waals surface area contributed by atoms with Gasteiger partial charge in [-0.15, -0.1) is 0 Å². The van der Waals surface area contributed by atoms with Gasteiger partial charge in [0.15, 0.2) is 0 Å². The van der Waals surface area contributed by atoms with Crippen molar-refractivity contribution in [3.05, 3.63) is 42.8 Å². The lowest BCUT2D eigenvalue weighted by atomic mass is 10.2. The van der Waals surface area contributed by atoms with Crippen LogP contribution in [0.3, 0.4) is 0 Å². The number of benzene rings is 1. The number of hydrogen-bond donors (Lipinski definition) is 2. The second-order valence-electron chi connectivity index (χ2n) is 2.77. The normalized spacial score (nSPS) is 12.8. The molecule has 0 aliphatic heterocycles. The minimum atomic E-state index is -0.520. The van der Waals surface area contributed by atoms with Crippen LogP contribution >= 0.6 is 0 Å². The van der Waals surface area contributed by atoms with Crippen molar-refractivity contribution in [1.82, 2.24) is 5.32 Å². The molecular weight excluding hydrogens is 150 g/mol. The maximum absolute atomic E-state index is 8.86. The SMILES string of the molecule is [CH2]C(O)CNCc1ccccc1. The molecule has 2 nitrogen and oxygen atoms in total. The van der Waals surface area contributed by atoms with Crippen molar-refractivity contribution in [3.8, 4) is 0 Å². The third-order valence-electron chi connectivity index (χ3n) is 1.55. The number of rotatable bonds is 4. The Morgan fingerprint density at radius 2 is 2.00 bits per heavy atom. The summed E-state index contributed by atoms with van der Waals surface area (Å²) in [5, 5.41) is 11.9. The highest BCUT2D eigenvalue weighted by molar-refractivity contribution is 5.14. The molecular formula is C10H14NO. The molecule has 0 aromatic heterocycles. The van der Waals surface area contributed by atoms with Gasteiger partial charge in [-0.05, 0) is 12.5 Å². The van der Waals surface area contributed by atoms with Crippen molar-refractivity contribution in [2.24, 2.45) is 0 Å². The van der Waals surface area contributed by atoms with E-state index in [0.29, 0.717) is 6.54 Å². The van der Waals surface area contributed by atoms with E-state index >= 15 is 0 Å². The maximum atomic E-state index is 8.86. The van der Waals surface area contributed by atoms with Gasteiger partial charge in [0.1, 0.15) is 0 Å². The Bertz CT molecular complexity index is 208. The average Bonchev–Trinajstić information content (AvgIpc) is 2.05. The van der Waals surface area contributed by atoms with Gasteiger partial charge in [0.05, 0.1) is 6.10 Å². The van der Waals surface area contributed by atoms with Gasteiger partial charge in [-0.25, -0.2) is 0 Å². The summed E-state index contributed by atoms with van der Waals surface area (Å²) >= 11 is 0. The van der Waals surface area contributed by atoms with Gasteiger partial charge in [0.25, 0.3) is 0 Å². The average molecular weight is 164 g/mol. The lowest BCUT2D eigenvalue weighted by Gasteiger charge is -2.05. The van der Waals surface area contributed by atoms with E-state index in [4.69, 9.17) is 5.11 Å². The molecule has 1 radical (unpaired) electrons. The zero-order valence-electron chi connectivity index (χ0n) is 7.03. The van der Waals surface area contributed by atoms with Gasteiger partial charge in [0, 0.05) is 13.1 Å². The van der Waals surface area contributed by atoms with Crippen LogP contribution in [0.1, 0.15) is 5.56 Å². The molecule has 12 heavy (non-hydrogen) atoms. The summed E-state index contributed by atoms with van der Waals surface area (Å²) in [6.07, 6.45) is -0.520. The molecule has 0 aliphatic carbocycles. The highest BCUT2D eigenvalue weighted by Crippen LogP contribution is 1.96. The van der Waals surface area contributed by atoms with Crippen LogP contribution < -0.4 is 5.32 Å². The summed E-state index contributed by atoms with van der Waals surface area (Å²) in [5.41, 5.74) is 1.22. The second-order valence-corrected chi connectivity index (χ2v) is 2.77. The summed E-state index contributed by atoms with van der Waals surface area (Å²) < 4.78 is 0. The zero-order valence-corrected chi connectivity index (χ0v) is 7.03. The number of aliphatic hydroxyl groups is 1. The first kappa shape index (κ1) is 9.23. The van der Waals surface area contributed by atoms with Crippen molar-refractivity contribution in [2.75, 3.05) is 6.54 Å². The van der Waals surface area contributed by atoms with Crippen LogP contribution in [0.15, 0.2) is 30.3 Å². The van der Waals surface area contributed by atoms with Crippen molar-refractivity contribution >= 4 is 0 Å². The molecule has 0 heterocycles. The Labute approximate surface area is 73.2 Å². The lowest BCUT2D eigenvalue weighted by molar-refractivity contribution is 0.216. The monoisotopic (exact) mass is 164 g/mol.